The zero-order valence-corrected chi connectivity index (χ0v) is 13.6. The number of piperidine rings is 1. The van der Waals surface area contributed by atoms with Crippen molar-refractivity contribution in [2.75, 3.05) is 26.3 Å². The number of carbonyl (C=O) groups excluding carboxylic acids is 1. The molecule has 2 aliphatic heterocycles. The Morgan fingerprint density at radius 3 is 3.20 bits per heavy atom. The highest BCUT2D eigenvalue weighted by Crippen LogP contribution is 2.41. The number of ether oxygens (including phenoxy) is 2. The summed E-state index contributed by atoms with van der Waals surface area (Å²) in [6.45, 7) is 1.90. The van der Waals surface area contributed by atoms with Gasteiger partial charge in [-0.2, -0.15) is 0 Å². The van der Waals surface area contributed by atoms with E-state index in [-0.39, 0.29) is 35.6 Å². The lowest BCUT2D eigenvalue weighted by atomic mass is 9.77. The van der Waals surface area contributed by atoms with Gasteiger partial charge in [0.2, 0.25) is 5.88 Å². The van der Waals surface area contributed by atoms with Gasteiger partial charge in [0.1, 0.15) is 6.26 Å². The summed E-state index contributed by atoms with van der Waals surface area (Å²) in [5.41, 5.74) is -0.0917. The number of hydrogen-bond donors (Lipinski definition) is 0. The molecule has 0 aliphatic carbocycles. The molecule has 4 rings (SSSR count). The second-order valence-electron chi connectivity index (χ2n) is 6.44. The largest absolute Gasteiger partial charge is 0.475 e. The lowest BCUT2D eigenvalue weighted by Crippen LogP contribution is -2.54. The number of likely N-dealkylation sites (tertiary alicyclic amines) is 1. The van der Waals surface area contributed by atoms with Gasteiger partial charge in [0.05, 0.1) is 18.1 Å². The highest BCUT2D eigenvalue weighted by molar-refractivity contribution is 5.92. The van der Waals surface area contributed by atoms with Gasteiger partial charge in [-0.1, -0.05) is 0 Å². The Morgan fingerprint density at radius 2 is 2.40 bits per heavy atom. The maximum absolute atomic E-state index is 13.8. The number of oxazole rings is 1. The van der Waals surface area contributed by atoms with E-state index in [0.29, 0.717) is 26.1 Å². The normalized spacial score (nSPS) is 25.6. The van der Waals surface area contributed by atoms with Gasteiger partial charge >= 0.3 is 0 Å². The van der Waals surface area contributed by atoms with Gasteiger partial charge in [0.25, 0.3) is 5.91 Å². The molecule has 2 fully saturated rings. The third-order valence-corrected chi connectivity index (χ3v) is 4.93. The summed E-state index contributed by atoms with van der Waals surface area (Å²) in [5.74, 6) is -0.703. The Kier molecular flexibility index (Phi) is 4.12. The van der Waals surface area contributed by atoms with Crippen molar-refractivity contribution in [3.05, 3.63) is 42.5 Å². The van der Waals surface area contributed by atoms with Gasteiger partial charge < -0.3 is 18.8 Å². The quantitative estimate of drug-likeness (QED) is 0.841. The molecule has 2 atom stereocenters. The third-order valence-electron chi connectivity index (χ3n) is 4.93. The van der Waals surface area contributed by atoms with E-state index in [1.807, 2.05) is 0 Å². The Morgan fingerprint density at radius 1 is 1.48 bits per heavy atom. The van der Waals surface area contributed by atoms with Crippen LogP contribution in [0.3, 0.4) is 0 Å². The third kappa shape index (κ3) is 2.97. The van der Waals surface area contributed by atoms with Crippen molar-refractivity contribution in [3.63, 3.8) is 0 Å². The van der Waals surface area contributed by atoms with Gasteiger partial charge in [0.15, 0.2) is 17.9 Å². The first-order valence-electron chi connectivity index (χ1n) is 8.20. The van der Waals surface area contributed by atoms with Crippen LogP contribution in [-0.2, 0) is 4.74 Å². The van der Waals surface area contributed by atoms with Crippen molar-refractivity contribution in [1.82, 2.24) is 14.9 Å². The summed E-state index contributed by atoms with van der Waals surface area (Å²) >= 11 is 0. The summed E-state index contributed by atoms with van der Waals surface area (Å²) in [7, 11) is 0. The molecule has 1 amide bonds. The summed E-state index contributed by atoms with van der Waals surface area (Å²) in [6, 6.07) is 2.82. The van der Waals surface area contributed by atoms with Gasteiger partial charge in [0, 0.05) is 25.9 Å². The molecule has 4 heterocycles. The maximum Gasteiger partial charge on any atom is 0.275 e. The first-order chi connectivity index (χ1) is 12.2. The molecular weight excluding hydrogens is 329 g/mol. The minimum atomic E-state index is -0.499. The Hall–Kier alpha value is -2.48. The topological polar surface area (TPSA) is 77.7 Å². The molecule has 2 aliphatic rings. The molecular formula is C17H18FN3O4. The molecule has 0 radical (unpaired) electrons. The van der Waals surface area contributed by atoms with Crippen LogP contribution in [0.4, 0.5) is 4.39 Å². The van der Waals surface area contributed by atoms with E-state index in [4.69, 9.17) is 13.9 Å². The zero-order chi connectivity index (χ0) is 17.3. The fourth-order valence-electron chi connectivity index (χ4n) is 3.60. The molecule has 7 nitrogen and oxygen atoms in total. The van der Waals surface area contributed by atoms with E-state index in [1.165, 1.54) is 31.0 Å². The molecule has 0 spiro atoms. The average molecular weight is 347 g/mol. The lowest BCUT2D eigenvalue weighted by Gasteiger charge is -2.43. The standard InChI is InChI=1S/C17H18FN3O4/c18-12-2-1-5-19-15(12)25-10-17-4-7-24-14(17)3-6-21(9-17)16(22)13-8-23-11-20-13/h1-2,5,8,11,14H,3-4,6-7,9-10H2/t14-,17+/m1/s1. The summed E-state index contributed by atoms with van der Waals surface area (Å²) in [6.07, 6.45) is 5.50. The molecule has 132 valence electrons. The van der Waals surface area contributed by atoms with E-state index >= 15 is 0 Å². The fourth-order valence-corrected chi connectivity index (χ4v) is 3.60. The lowest BCUT2D eigenvalue weighted by molar-refractivity contribution is -0.0339. The van der Waals surface area contributed by atoms with Gasteiger partial charge in [-0.15, -0.1) is 0 Å². The van der Waals surface area contributed by atoms with Crippen LogP contribution in [0, 0.1) is 11.2 Å². The molecule has 0 unspecified atom stereocenters. The Bertz CT molecular complexity index is 754. The molecule has 2 aromatic heterocycles. The first-order valence-corrected chi connectivity index (χ1v) is 8.20. The van der Waals surface area contributed by atoms with Crippen LogP contribution in [-0.4, -0.2) is 53.2 Å². The van der Waals surface area contributed by atoms with Crippen molar-refractivity contribution < 1.29 is 23.1 Å². The van der Waals surface area contributed by atoms with Crippen LogP contribution in [0.2, 0.25) is 0 Å². The molecule has 8 heteroatoms. The van der Waals surface area contributed by atoms with Crippen molar-refractivity contribution in [2.24, 2.45) is 5.41 Å². The van der Waals surface area contributed by atoms with Crippen molar-refractivity contribution in [1.29, 1.82) is 0 Å². The van der Waals surface area contributed by atoms with Crippen LogP contribution in [0.5, 0.6) is 5.88 Å². The molecule has 25 heavy (non-hydrogen) atoms. The number of carbonyl (C=O) groups is 1. The highest BCUT2D eigenvalue weighted by Gasteiger charge is 2.50. The predicted octanol–water partition coefficient (Wildman–Crippen LogP) is 1.91. The smallest absolute Gasteiger partial charge is 0.275 e. The number of halogens is 1. The van der Waals surface area contributed by atoms with E-state index in [1.54, 1.807) is 4.90 Å². The van der Waals surface area contributed by atoms with E-state index in [9.17, 15) is 9.18 Å². The Balaban J connectivity index is 1.51. The summed E-state index contributed by atoms with van der Waals surface area (Å²) < 4.78 is 30.2. The van der Waals surface area contributed by atoms with Gasteiger partial charge in [-0.05, 0) is 25.0 Å². The van der Waals surface area contributed by atoms with Crippen LogP contribution < -0.4 is 4.74 Å². The van der Waals surface area contributed by atoms with E-state index in [0.717, 1.165) is 6.42 Å². The number of nitrogens with zero attached hydrogens (tertiary/aromatic N) is 3. The van der Waals surface area contributed by atoms with Crippen molar-refractivity contribution in [3.8, 4) is 5.88 Å². The summed E-state index contributed by atoms with van der Waals surface area (Å²) in [4.78, 5) is 22.2. The first kappa shape index (κ1) is 16.0. The maximum atomic E-state index is 13.8. The van der Waals surface area contributed by atoms with E-state index < -0.39 is 5.82 Å². The fraction of sp³-hybridized carbons (Fsp3) is 0.471. The molecule has 0 aromatic carbocycles. The van der Waals surface area contributed by atoms with Crippen LogP contribution in [0.1, 0.15) is 23.3 Å². The number of aromatic nitrogens is 2. The van der Waals surface area contributed by atoms with Crippen molar-refractivity contribution in [2.45, 2.75) is 18.9 Å². The minimum absolute atomic E-state index is 0.0133. The van der Waals surface area contributed by atoms with Gasteiger partial charge in [-0.25, -0.2) is 14.4 Å². The molecule has 2 aromatic rings. The summed E-state index contributed by atoms with van der Waals surface area (Å²) in [5, 5.41) is 0. The number of pyridine rings is 1. The monoisotopic (exact) mass is 347 g/mol. The number of amides is 1. The molecule has 2 saturated heterocycles. The van der Waals surface area contributed by atoms with E-state index in [2.05, 4.69) is 9.97 Å². The number of rotatable bonds is 4. The molecule has 0 saturated carbocycles. The van der Waals surface area contributed by atoms with Crippen LogP contribution in [0.15, 0.2) is 35.4 Å². The second kappa shape index (κ2) is 6.44. The SMILES string of the molecule is O=C(c1cocn1)N1CC[C@H]2OCC[C@@]2(COc2ncccc2F)C1. The molecule has 0 bridgehead atoms. The van der Waals surface area contributed by atoms with Crippen molar-refractivity contribution >= 4 is 5.91 Å². The number of fused-ring (bicyclic) bond motifs is 1. The Labute approximate surface area is 143 Å². The van der Waals surface area contributed by atoms with Gasteiger partial charge in [-0.3, -0.25) is 4.79 Å². The number of hydrogen-bond acceptors (Lipinski definition) is 6. The minimum Gasteiger partial charge on any atom is -0.475 e. The van der Waals surface area contributed by atoms with Crippen LogP contribution in [0.25, 0.3) is 0 Å². The zero-order valence-electron chi connectivity index (χ0n) is 13.6. The average Bonchev–Trinajstić information content (AvgIpc) is 3.30. The highest BCUT2D eigenvalue weighted by atomic mass is 19.1. The molecule has 0 N–H and O–H groups in total. The van der Waals surface area contributed by atoms with Crippen LogP contribution >= 0.6 is 0 Å². The second-order valence-corrected chi connectivity index (χ2v) is 6.44. The predicted molar refractivity (Wildman–Crippen MR) is 83.5 cm³/mol.